The summed E-state index contributed by atoms with van der Waals surface area (Å²) in [5.74, 6) is -0.525. The van der Waals surface area contributed by atoms with Gasteiger partial charge in [-0.15, -0.1) is 6.58 Å². The summed E-state index contributed by atoms with van der Waals surface area (Å²) in [6.07, 6.45) is -9.94. The number of aliphatic hydroxyl groups excluding tert-OH is 1. The number of carbonyl (C=O) groups excluding carboxylic acids is 1. The fraction of sp³-hybridized carbons (Fsp3) is 0.444. The highest BCUT2D eigenvalue weighted by atomic mass is 32.5. The Kier molecular flexibility index (Phi) is 15.7. The number of rotatable bonds is 21. The number of unbranched alkanes of at least 4 members (excludes halogenated alkanes) is 1. The number of ether oxygens (including phenoxy) is 2. The van der Waals surface area contributed by atoms with Crippen molar-refractivity contribution < 1.29 is 55.3 Å². The predicted octanol–water partition coefficient (Wildman–Crippen LogP) is 3.73. The van der Waals surface area contributed by atoms with Crippen LogP contribution in [0.3, 0.4) is 0 Å². The second-order valence-electron chi connectivity index (χ2n) is 13.4. The number of fused-ring (bicyclic) bond motifs is 1. The molecule has 330 valence electrons. The van der Waals surface area contributed by atoms with Crippen molar-refractivity contribution in [3.63, 3.8) is 0 Å². The zero-order valence-corrected chi connectivity index (χ0v) is 35.0. The number of aromatic amines is 1. The number of H-pyrrole nitrogens is 1. The Balaban J connectivity index is 1.30. The van der Waals surface area contributed by atoms with Crippen LogP contribution < -0.4 is 16.6 Å². The number of amides is 1. The fourth-order valence-corrected chi connectivity index (χ4v) is 10.4. The minimum absolute atomic E-state index is 0.000869. The Bertz CT molecular complexity index is 2520. The molecule has 1 amide bonds. The minimum atomic E-state index is -4.69. The van der Waals surface area contributed by atoms with E-state index in [0.29, 0.717) is 5.56 Å². The maximum Gasteiger partial charge on any atom is 0.475 e. The molecule has 2 aliphatic heterocycles. The van der Waals surface area contributed by atoms with E-state index in [1.165, 1.54) is 17.0 Å². The average molecular weight is 922 g/mol. The van der Waals surface area contributed by atoms with Gasteiger partial charge >= 0.3 is 13.5 Å². The Morgan fingerprint density at radius 1 is 1.00 bits per heavy atom. The number of hydrogen-bond acceptors (Lipinski definition) is 18. The molecule has 4 aromatic rings. The molecule has 0 aliphatic carbocycles. The van der Waals surface area contributed by atoms with Crippen molar-refractivity contribution in [1.29, 1.82) is 10.5 Å². The van der Waals surface area contributed by atoms with Gasteiger partial charge in [0.25, 0.3) is 11.5 Å². The molecule has 1 aromatic carbocycles. The zero-order chi connectivity index (χ0) is 44.4. The number of benzene rings is 1. The SMILES string of the molecule is C=CCOP(=O)(OCCC#N)OC1C(COP(=S)(CCCC#N)OC2C(CO)OC(n3ccc(=O)[nH]c3=O)C2F)OC(n2cnc3c(NC(=O)c4ccccc4)ncnc32)C1F. The maximum absolute atomic E-state index is 17.0. The van der Waals surface area contributed by atoms with E-state index in [2.05, 4.69) is 26.8 Å². The lowest BCUT2D eigenvalue weighted by atomic mass is 10.1. The third kappa shape index (κ3) is 10.8. The Labute approximate surface area is 355 Å². The zero-order valence-electron chi connectivity index (χ0n) is 32.4. The van der Waals surface area contributed by atoms with Crippen LogP contribution in [0.5, 0.6) is 0 Å². The quantitative estimate of drug-likeness (QED) is 0.0610. The van der Waals surface area contributed by atoms with Crippen molar-refractivity contribution >= 4 is 49.0 Å². The Morgan fingerprint density at radius 2 is 1.71 bits per heavy atom. The van der Waals surface area contributed by atoms with Gasteiger partial charge in [-0.3, -0.25) is 37.3 Å². The van der Waals surface area contributed by atoms with Crippen LogP contribution in [-0.4, -0.2) is 109 Å². The summed E-state index contributed by atoms with van der Waals surface area (Å²) in [4.78, 5) is 51.8. The first-order chi connectivity index (χ1) is 29.8. The van der Waals surface area contributed by atoms with E-state index in [-0.39, 0.29) is 49.0 Å². The third-order valence-electron chi connectivity index (χ3n) is 9.24. The van der Waals surface area contributed by atoms with Gasteiger partial charge in [-0.1, -0.05) is 24.3 Å². The van der Waals surface area contributed by atoms with Crippen LogP contribution >= 0.6 is 14.3 Å². The molecule has 0 saturated carbocycles. The van der Waals surface area contributed by atoms with Gasteiger partial charge < -0.3 is 28.9 Å². The fourth-order valence-electron chi connectivity index (χ4n) is 6.36. The van der Waals surface area contributed by atoms with Gasteiger partial charge in [0.1, 0.15) is 30.7 Å². The van der Waals surface area contributed by atoms with Crippen molar-refractivity contribution in [1.82, 2.24) is 29.1 Å². The van der Waals surface area contributed by atoms with Crippen LogP contribution in [0.2, 0.25) is 0 Å². The lowest BCUT2D eigenvalue weighted by Gasteiger charge is -2.30. The number of phosphoric ester groups is 1. The van der Waals surface area contributed by atoms with Crippen molar-refractivity contribution in [3.8, 4) is 12.1 Å². The lowest BCUT2D eigenvalue weighted by Crippen LogP contribution is -2.37. The molecule has 0 spiro atoms. The number of alkyl halides is 2. The standard InChI is InChI=1S/C36H39F2N9O12P2S/c1-2-15-53-61(52,54-16-8-13-40)59-30-24(57-35(27(30)38)47-21-43-28-31(41-20-42-32(28)47)45-33(50)22-9-4-3-5-10-22)19-55-60(62,17-7-6-12-39)58-29-23(18-48)56-34(26(29)37)46-14-11-25(49)44-36(46)51/h2-5,9-11,14,20-21,23-24,26-27,29-30,34-35,48H,1,6-8,15-19H2,(H,44,49,51)(H,41,42,45,50). The van der Waals surface area contributed by atoms with E-state index in [9.17, 15) is 29.3 Å². The van der Waals surface area contributed by atoms with Gasteiger partial charge in [0.2, 0.25) is 0 Å². The van der Waals surface area contributed by atoms with Gasteiger partial charge in [-0.2, -0.15) is 10.5 Å². The molecule has 21 nitrogen and oxygen atoms in total. The monoisotopic (exact) mass is 921 g/mol. The smallest absolute Gasteiger partial charge is 0.394 e. The van der Waals surface area contributed by atoms with Crippen molar-refractivity contribution in [2.45, 2.75) is 68.5 Å². The number of hydrogen-bond donors (Lipinski definition) is 3. The van der Waals surface area contributed by atoms with Gasteiger partial charge in [-0.25, -0.2) is 33.1 Å². The first-order valence-electron chi connectivity index (χ1n) is 18.7. The topological polar surface area (TPSA) is 277 Å². The molecule has 26 heteroatoms. The highest BCUT2D eigenvalue weighted by Gasteiger charge is 2.53. The summed E-state index contributed by atoms with van der Waals surface area (Å²) in [7, 11) is -4.69. The molecule has 10 unspecified atom stereocenters. The lowest BCUT2D eigenvalue weighted by molar-refractivity contribution is -0.0511. The molecule has 3 aromatic heterocycles. The van der Waals surface area contributed by atoms with E-state index >= 15 is 8.78 Å². The van der Waals surface area contributed by atoms with Crippen LogP contribution in [0.15, 0.2) is 77.5 Å². The number of imidazole rings is 1. The number of aromatic nitrogens is 6. The number of anilines is 1. The molecule has 6 rings (SSSR count). The molecular weight excluding hydrogens is 882 g/mol. The number of halogens is 2. The van der Waals surface area contributed by atoms with Crippen molar-refractivity contribution in [2.75, 3.05) is 37.9 Å². The Morgan fingerprint density at radius 3 is 2.40 bits per heavy atom. The molecule has 62 heavy (non-hydrogen) atoms. The van der Waals surface area contributed by atoms with Crippen LogP contribution in [-0.2, 0) is 48.5 Å². The van der Waals surface area contributed by atoms with Gasteiger partial charge in [0, 0.05) is 30.4 Å². The maximum atomic E-state index is 17.0. The summed E-state index contributed by atoms with van der Waals surface area (Å²) in [6.45, 7) is -2.56. The van der Waals surface area contributed by atoms with E-state index in [0.717, 1.165) is 23.2 Å². The largest absolute Gasteiger partial charge is 0.475 e. The number of nitrogens with zero attached hydrogens (tertiary/aromatic N) is 7. The second kappa shape index (κ2) is 21.0. The van der Waals surface area contributed by atoms with E-state index in [4.69, 9.17) is 49.2 Å². The highest BCUT2D eigenvalue weighted by molar-refractivity contribution is 8.09. The summed E-state index contributed by atoms with van der Waals surface area (Å²) in [5, 5.41) is 31.2. The van der Waals surface area contributed by atoms with Gasteiger partial charge in [0.05, 0.1) is 51.3 Å². The van der Waals surface area contributed by atoms with Crippen LogP contribution in [0.25, 0.3) is 11.2 Å². The number of aliphatic hydroxyl groups is 1. The third-order valence-corrected chi connectivity index (χ3v) is 13.8. The van der Waals surface area contributed by atoms with Crippen LogP contribution in [0, 0.1) is 22.7 Å². The van der Waals surface area contributed by atoms with Gasteiger partial charge in [-0.05, 0) is 30.4 Å². The average Bonchev–Trinajstić information content (AvgIpc) is 3.92. The second-order valence-corrected chi connectivity index (χ2v) is 18.8. The first kappa shape index (κ1) is 46.6. The summed E-state index contributed by atoms with van der Waals surface area (Å²) in [5.41, 5.74) is -1.38. The van der Waals surface area contributed by atoms with Gasteiger partial charge in [0.15, 0.2) is 48.3 Å². The number of phosphoric acid groups is 1. The van der Waals surface area contributed by atoms with Crippen LogP contribution in [0.1, 0.15) is 42.1 Å². The molecule has 5 heterocycles. The summed E-state index contributed by atoms with van der Waals surface area (Å²) >= 11 is 5.84. The van der Waals surface area contributed by atoms with E-state index in [1.807, 2.05) is 17.1 Å². The molecule has 2 saturated heterocycles. The molecule has 2 fully saturated rings. The molecular formula is C36H39F2N9O12P2S. The number of nitriles is 2. The van der Waals surface area contributed by atoms with Crippen molar-refractivity contribution in [3.05, 3.63) is 94.3 Å². The predicted molar refractivity (Wildman–Crippen MR) is 215 cm³/mol. The van der Waals surface area contributed by atoms with Crippen LogP contribution in [0.4, 0.5) is 14.6 Å². The van der Waals surface area contributed by atoms with E-state index in [1.54, 1.807) is 30.3 Å². The number of nitrogens with one attached hydrogen (secondary N) is 2. The molecule has 0 radical (unpaired) electrons. The number of carbonyl (C=O) groups is 1. The summed E-state index contributed by atoms with van der Waals surface area (Å²) < 4.78 is 89.4. The first-order valence-corrected chi connectivity index (χ1v) is 23.0. The Hall–Kier alpha value is -4.94. The molecule has 0 bridgehead atoms. The normalized spacial score (nSPS) is 25.4. The van der Waals surface area contributed by atoms with E-state index < -0.39 is 101 Å². The minimum Gasteiger partial charge on any atom is -0.394 e. The summed E-state index contributed by atoms with van der Waals surface area (Å²) in [6, 6.07) is 13.0. The van der Waals surface area contributed by atoms with Crippen molar-refractivity contribution in [2.24, 2.45) is 0 Å². The molecule has 3 N–H and O–H groups in total. The molecule has 10 atom stereocenters. The highest BCUT2D eigenvalue weighted by Crippen LogP contribution is 2.56. The molecule has 2 aliphatic rings.